The molecule has 1 aromatic heterocycles. The Bertz CT molecular complexity index is 987. The minimum Gasteiger partial charge on any atom is -0.452 e. The van der Waals surface area contributed by atoms with Crippen molar-refractivity contribution in [1.29, 1.82) is 0 Å². The Morgan fingerprint density at radius 3 is 2.54 bits per heavy atom. The van der Waals surface area contributed by atoms with E-state index >= 15 is 0 Å². The Hall–Kier alpha value is -2.55. The Balaban J connectivity index is 1.60. The molecule has 0 saturated carbocycles. The van der Waals surface area contributed by atoms with Gasteiger partial charge in [0.15, 0.2) is 16.4 Å². The highest BCUT2D eigenvalue weighted by Gasteiger charge is 2.29. The molecule has 1 amide bonds. The Kier molecular flexibility index (Phi) is 4.90. The highest BCUT2D eigenvalue weighted by molar-refractivity contribution is 7.91. The van der Waals surface area contributed by atoms with E-state index in [1.807, 2.05) is 13.8 Å². The Morgan fingerprint density at radius 1 is 1.19 bits per heavy atom. The molecule has 2 aromatic rings. The number of nitrogens with one attached hydrogen (secondary N) is 1. The van der Waals surface area contributed by atoms with Crippen molar-refractivity contribution in [3.05, 3.63) is 35.2 Å². The van der Waals surface area contributed by atoms with Crippen LogP contribution in [0.5, 0.6) is 0 Å². The van der Waals surface area contributed by atoms with E-state index in [2.05, 4.69) is 15.3 Å². The van der Waals surface area contributed by atoms with Crippen LogP contribution in [0.1, 0.15) is 28.2 Å². The van der Waals surface area contributed by atoms with E-state index in [0.717, 1.165) is 11.4 Å². The first-order valence-electron chi connectivity index (χ1n) is 8.15. The molecule has 1 aliphatic heterocycles. The lowest BCUT2D eigenvalue weighted by Crippen LogP contribution is -2.38. The van der Waals surface area contributed by atoms with Crippen LogP contribution in [-0.4, -0.2) is 54.4 Å². The van der Waals surface area contributed by atoms with E-state index < -0.39 is 34.4 Å². The molecule has 0 radical (unpaired) electrons. The molecule has 0 bridgehead atoms. The maximum Gasteiger partial charge on any atom is 0.338 e. The van der Waals surface area contributed by atoms with Gasteiger partial charge in [-0.25, -0.2) is 23.2 Å². The first-order valence-corrected chi connectivity index (χ1v) is 9.97. The summed E-state index contributed by atoms with van der Waals surface area (Å²) >= 11 is 0. The average molecular weight is 377 g/mol. The second-order valence-electron chi connectivity index (χ2n) is 6.34. The van der Waals surface area contributed by atoms with E-state index in [-0.39, 0.29) is 17.1 Å². The van der Waals surface area contributed by atoms with Gasteiger partial charge in [0.2, 0.25) is 0 Å². The SMILES string of the molecule is Cc1nc2ccc(C(=O)OCC(=O)N[C@@H]3CCS(=O)(=O)C3)cc2nc1C. The molecule has 2 heterocycles. The summed E-state index contributed by atoms with van der Waals surface area (Å²) in [6.45, 7) is 3.23. The summed E-state index contributed by atoms with van der Waals surface area (Å²) in [5, 5.41) is 2.57. The molecular formula is C17H19N3O5S. The van der Waals surface area contributed by atoms with Gasteiger partial charge in [0.1, 0.15) is 0 Å². The van der Waals surface area contributed by atoms with E-state index in [9.17, 15) is 18.0 Å². The molecule has 0 unspecified atom stereocenters. The zero-order valence-corrected chi connectivity index (χ0v) is 15.3. The van der Waals surface area contributed by atoms with Crippen molar-refractivity contribution in [1.82, 2.24) is 15.3 Å². The fourth-order valence-corrected chi connectivity index (χ4v) is 4.42. The zero-order valence-electron chi connectivity index (χ0n) is 14.5. The van der Waals surface area contributed by atoms with Gasteiger partial charge in [0.05, 0.1) is 39.5 Å². The smallest absolute Gasteiger partial charge is 0.338 e. The summed E-state index contributed by atoms with van der Waals surface area (Å²) in [4.78, 5) is 32.8. The van der Waals surface area contributed by atoms with Crippen molar-refractivity contribution in [2.45, 2.75) is 26.3 Å². The fourth-order valence-electron chi connectivity index (χ4n) is 2.75. The lowest BCUT2D eigenvalue weighted by molar-refractivity contribution is -0.124. The number of sulfone groups is 1. The maximum absolute atomic E-state index is 12.1. The number of carbonyl (C=O) groups excluding carboxylic acids is 2. The van der Waals surface area contributed by atoms with Crippen molar-refractivity contribution in [3.63, 3.8) is 0 Å². The first-order chi connectivity index (χ1) is 12.2. The number of ether oxygens (including phenoxy) is 1. The average Bonchev–Trinajstić information content (AvgIpc) is 2.91. The number of hydrogen-bond donors (Lipinski definition) is 1. The largest absolute Gasteiger partial charge is 0.452 e. The van der Waals surface area contributed by atoms with Crippen molar-refractivity contribution in [3.8, 4) is 0 Å². The molecule has 3 rings (SSSR count). The summed E-state index contributed by atoms with van der Waals surface area (Å²) in [5.41, 5.74) is 3.10. The molecule has 1 aromatic carbocycles. The molecule has 26 heavy (non-hydrogen) atoms. The molecule has 9 heteroatoms. The fraction of sp³-hybridized carbons (Fsp3) is 0.412. The molecule has 0 spiro atoms. The second kappa shape index (κ2) is 6.99. The number of carbonyl (C=O) groups is 2. The number of hydrogen-bond acceptors (Lipinski definition) is 7. The predicted octanol–water partition coefficient (Wildman–Crippen LogP) is 0.707. The van der Waals surface area contributed by atoms with Crippen LogP contribution in [0.15, 0.2) is 18.2 Å². The lowest BCUT2D eigenvalue weighted by atomic mass is 10.2. The number of esters is 1. The quantitative estimate of drug-likeness (QED) is 0.780. The molecule has 0 aliphatic carbocycles. The number of fused-ring (bicyclic) bond motifs is 1. The van der Waals surface area contributed by atoms with Crippen LogP contribution in [0, 0.1) is 13.8 Å². The van der Waals surface area contributed by atoms with Gasteiger partial charge in [0, 0.05) is 6.04 Å². The number of benzene rings is 1. The van der Waals surface area contributed by atoms with E-state index in [1.165, 1.54) is 0 Å². The van der Waals surface area contributed by atoms with Crippen LogP contribution in [0.3, 0.4) is 0 Å². The molecule has 138 valence electrons. The minimum absolute atomic E-state index is 0.0642. The lowest BCUT2D eigenvalue weighted by Gasteiger charge is -2.11. The highest BCUT2D eigenvalue weighted by Crippen LogP contribution is 2.15. The van der Waals surface area contributed by atoms with Gasteiger partial charge in [-0.3, -0.25) is 4.79 Å². The van der Waals surface area contributed by atoms with Crippen LogP contribution >= 0.6 is 0 Å². The standard InChI is InChI=1S/C17H19N3O5S/c1-10-11(2)19-15-7-12(3-4-14(15)18-10)17(22)25-8-16(21)20-13-5-6-26(23,24)9-13/h3-4,7,13H,5-6,8-9H2,1-2H3,(H,20,21)/t13-/m1/s1. The predicted molar refractivity (Wildman–Crippen MR) is 94.5 cm³/mol. The van der Waals surface area contributed by atoms with Crippen molar-refractivity contribution in [2.24, 2.45) is 0 Å². The Morgan fingerprint density at radius 2 is 1.88 bits per heavy atom. The van der Waals surface area contributed by atoms with E-state index in [4.69, 9.17) is 4.74 Å². The molecule has 1 fully saturated rings. The number of aromatic nitrogens is 2. The second-order valence-corrected chi connectivity index (χ2v) is 8.57. The van der Waals surface area contributed by atoms with Gasteiger partial charge >= 0.3 is 5.97 Å². The molecule has 8 nitrogen and oxygen atoms in total. The third-order valence-corrected chi connectivity index (χ3v) is 6.01. The summed E-state index contributed by atoms with van der Waals surface area (Å²) in [7, 11) is -3.08. The number of amides is 1. The topological polar surface area (TPSA) is 115 Å². The van der Waals surface area contributed by atoms with E-state index in [0.29, 0.717) is 17.5 Å². The normalized spacial score (nSPS) is 18.6. The van der Waals surface area contributed by atoms with Gasteiger partial charge in [-0.1, -0.05) is 0 Å². The Labute approximate surface area is 150 Å². The third-order valence-electron chi connectivity index (χ3n) is 4.24. The molecule has 1 N–H and O–H groups in total. The summed E-state index contributed by atoms with van der Waals surface area (Å²) in [5.74, 6) is -1.18. The number of aryl methyl sites for hydroxylation is 2. The number of nitrogens with zero attached hydrogens (tertiary/aromatic N) is 2. The first kappa shape index (κ1) is 18.2. The molecule has 1 saturated heterocycles. The molecular weight excluding hydrogens is 358 g/mol. The van der Waals surface area contributed by atoms with Crippen LogP contribution < -0.4 is 5.32 Å². The number of rotatable bonds is 4. The maximum atomic E-state index is 12.1. The third kappa shape index (κ3) is 4.16. The highest BCUT2D eigenvalue weighted by atomic mass is 32.2. The van der Waals surface area contributed by atoms with Crippen LogP contribution in [-0.2, 0) is 19.4 Å². The van der Waals surface area contributed by atoms with E-state index in [1.54, 1.807) is 18.2 Å². The summed E-state index contributed by atoms with van der Waals surface area (Å²) in [6, 6.07) is 4.39. The zero-order chi connectivity index (χ0) is 18.9. The van der Waals surface area contributed by atoms with Crippen LogP contribution in [0.25, 0.3) is 11.0 Å². The van der Waals surface area contributed by atoms with Gasteiger partial charge in [-0.15, -0.1) is 0 Å². The van der Waals surface area contributed by atoms with Crippen molar-refractivity contribution < 1.29 is 22.7 Å². The molecule has 1 aliphatic rings. The van der Waals surface area contributed by atoms with Crippen molar-refractivity contribution in [2.75, 3.05) is 18.1 Å². The monoisotopic (exact) mass is 377 g/mol. The minimum atomic E-state index is -3.08. The van der Waals surface area contributed by atoms with Gasteiger partial charge < -0.3 is 10.1 Å². The van der Waals surface area contributed by atoms with Crippen molar-refractivity contribution >= 4 is 32.7 Å². The molecule has 1 atom stereocenters. The van der Waals surface area contributed by atoms with Crippen LogP contribution in [0.4, 0.5) is 0 Å². The van der Waals surface area contributed by atoms with Gasteiger partial charge in [-0.05, 0) is 38.5 Å². The summed E-state index contributed by atoms with van der Waals surface area (Å²) < 4.78 is 27.8. The summed E-state index contributed by atoms with van der Waals surface area (Å²) in [6.07, 6.45) is 0.379. The van der Waals surface area contributed by atoms with Gasteiger partial charge in [0.25, 0.3) is 5.91 Å². The van der Waals surface area contributed by atoms with Gasteiger partial charge in [-0.2, -0.15) is 0 Å². The van der Waals surface area contributed by atoms with Crippen LogP contribution in [0.2, 0.25) is 0 Å².